The number of carbonyl (C=O) groups excluding carboxylic acids is 1. The molecular formula is C22H20ClF3N2O4S. The molecule has 1 aliphatic carbocycles. The van der Waals surface area contributed by atoms with Gasteiger partial charge in [-0.2, -0.15) is 13.2 Å². The molecule has 0 spiro atoms. The summed E-state index contributed by atoms with van der Waals surface area (Å²) in [7, 11) is -4.36. The van der Waals surface area contributed by atoms with Crippen molar-refractivity contribution in [2.24, 2.45) is 5.92 Å². The van der Waals surface area contributed by atoms with Crippen LogP contribution in [-0.2, 0) is 27.4 Å². The van der Waals surface area contributed by atoms with Gasteiger partial charge in [-0.25, -0.2) is 8.42 Å². The lowest BCUT2D eigenvalue weighted by atomic mass is 10.1. The molecule has 1 amide bonds. The van der Waals surface area contributed by atoms with Crippen molar-refractivity contribution in [2.75, 3.05) is 22.8 Å². The van der Waals surface area contributed by atoms with Gasteiger partial charge in [-0.3, -0.25) is 9.52 Å². The molecule has 1 heterocycles. The van der Waals surface area contributed by atoms with Crippen molar-refractivity contribution in [3.8, 4) is 0 Å². The predicted molar refractivity (Wildman–Crippen MR) is 119 cm³/mol. The van der Waals surface area contributed by atoms with Crippen LogP contribution in [0.2, 0.25) is 5.02 Å². The number of nitrogens with one attached hydrogen (secondary N) is 1. The second kappa shape index (κ2) is 8.66. The first-order chi connectivity index (χ1) is 15.5. The summed E-state index contributed by atoms with van der Waals surface area (Å²) < 4.78 is 68.2. The number of benzene rings is 2. The third kappa shape index (κ3) is 4.87. The van der Waals surface area contributed by atoms with E-state index >= 15 is 0 Å². The number of alkyl halides is 3. The first kappa shape index (κ1) is 23.6. The first-order valence-electron chi connectivity index (χ1n) is 10.2. The average molecular weight is 501 g/mol. The molecule has 176 valence electrons. The Bertz CT molecular complexity index is 1240. The Morgan fingerprint density at radius 3 is 2.61 bits per heavy atom. The summed E-state index contributed by atoms with van der Waals surface area (Å²) in [5.74, 6) is -0.117. The number of sulfonamides is 1. The average Bonchev–Trinajstić information content (AvgIpc) is 3.51. The molecule has 33 heavy (non-hydrogen) atoms. The van der Waals surface area contributed by atoms with Crippen LogP contribution >= 0.6 is 11.6 Å². The molecule has 2 N–H and O–H groups in total. The molecule has 0 aromatic heterocycles. The summed E-state index contributed by atoms with van der Waals surface area (Å²) >= 11 is 5.62. The maximum Gasteiger partial charge on any atom is 0.417 e. The van der Waals surface area contributed by atoms with E-state index in [1.807, 2.05) is 0 Å². The zero-order chi connectivity index (χ0) is 24.0. The quantitative estimate of drug-likeness (QED) is 0.613. The van der Waals surface area contributed by atoms with E-state index in [1.54, 1.807) is 11.0 Å². The summed E-state index contributed by atoms with van der Waals surface area (Å²) in [5, 5.41) is 8.59. The zero-order valence-electron chi connectivity index (χ0n) is 17.2. The van der Waals surface area contributed by atoms with Gasteiger partial charge >= 0.3 is 6.18 Å². The number of halogens is 4. The molecule has 6 nitrogen and oxygen atoms in total. The number of aliphatic hydroxyl groups is 1. The van der Waals surface area contributed by atoms with Gasteiger partial charge < -0.3 is 10.0 Å². The van der Waals surface area contributed by atoms with E-state index in [2.05, 4.69) is 4.72 Å². The van der Waals surface area contributed by atoms with Gasteiger partial charge in [0.2, 0.25) is 5.91 Å². The molecule has 1 saturated carbocycles. The van der Waals surface area contributed by atoms with Crippen LogP contribution < -0.4 is 9.62 Å². The molecule has 0 radical (unpaired) electrons. The Morgan fingerprint density at radius 1 is 1.24 bits per heavy atom. The third-order valence-electron chi connectivity index (χ3n) is 5.52. The summed E-state index contributed by atoms with van der Waals surface area (Å²) in [6.45, 7) is 0.0965. The number of aliphatic hydroxyl groups excluding tert-OH is 1. The van der Waals surface area contributed by atoms with Gasteiger partial charge in [0.05, 0.1) is 22.1 Å². The van der Waals surface area contributed by atoms with Gasteiger partial charge in [0.15, 0.2) is 0 Å². The molecular weight excluding hydrogens is 481 g/mol. The maximum absolute atomic E-state index is 13.2. The Hall–Kier alpha value is -2.56. The lowest BCUT2D eigenvalue weighted by Crippen LogP contribution is -2.30. The predicted octanol–water partition coefficient (Wildman–Crippen LogP) is 4.46. The Morgan fingerprint density at radius 2 is 1.97 bits per heavy atom. The van der Waals surface area contributed by atoms with Crippen molar-refractivity contribution in [3.05, 3.63) is 58.1 Å². The van der Waals surface area contributed by atoms with Crippen LogP contribution in [0.1, 0.15) is 29.5 Å². The number of amides is 1. The highest BCUT2D eigenvalue weighted by Crippen LogP contribution is 2.40. The van der Waals surface area contributed by atoms with Gasteiger partial charge in [-0.1, -0.05) is 23.8 Å². The van der Waals surface area contributed by atoms with Crippen LogP contribution in [-0.4, -0.2) is 32.6 Å². The summed E-state index contributed by atoms with van der Waals surface area (Å²) in [6.07, 6.45) is 0.161. The SMILES string of the molecule is O=C(C1CC1)N1CCc2cc(/C=C/CO)c(S(=O)(=O)Nc3ccc(Cl)c(C(F)(F)F)c3)cc21. The Labute approximate surface area is 193 Å². The fourth-order valence-electron chi connectivity index (χ4n) is 3.78. The Balaban J connectivity index is 1.75. The second-order valence-electron chi connectivity index (χ2n) is 7.92. The van der Waals surface area contributed by atoms with E-state index in [9.17, 15) is 26.4 Å². The number of carbonyl (C=O) groups is 1. The lowest BCUT2D eigenvalue weighted by molar-refractivity contribution is -0.137. The van der Waals surface area contributed by atoms with Crippen molar-refractivity contribution in [3.63, 3.8) is 0 Å². The van der Waals surface area contributed by atoms with Gasteiger partial charge in [-0.15, -0.1) is 0 Å². The van der Waals surface area contributed by atoms with Crippen molar-refractivity contribution in [2.45, 2.75) is 30.3 Å². The van der Waals surface area contributed by atoms with Crippen LogP contribution in [0.5, 0.6) is 0 Å². The summed E-state index contributed by atoms with van der Waals surface area (Å²) in [4.78, 5) is 14.0. The lowest BCUT2D eigenvalue weighted by Gasteiger charge is -2.19. The van der Waals surface area contributed by atoms with E-state index in [0.717, 1.165) is 30.5 Å². The standard InChI is InChI=1S/C22H20ClF3N2O4S/c23-18-6-5-16(11-17(18)22(24,25)26)27-33(31,32)20-12-19-14(10-15(20)2-1-9-29)7-8-28(19)21(30)13-3-4-13/h1-2,5-6,10-13,27,29H,3-4,7-9H2/b2-1+. The number of anilines is 2. The normalized spacial score (nSPS) is 16.3. The smallest absolute Gasteiger partial charge is 0.392 e. The monoisotopic (exact) mass is 500 g/mol. The highest BCUT2D eigenvalue weighted by atomic mass is 35.5. The molecule has 1 fully saturated rings. The summed E-state index contributed by atoms with van der Waals surface area (Å²) in [5.41, 5.74) is 0.0306. The van der Waals surface area contributed by atoms with Gasteiger partial charge in [-0.05, 0) is 60.7 Å². The van der Waals surface area contributed by atoms with E-state index < -0.39 is 26.8 Å². The zero-order valence-corrected chi connectivity index (χ0v) is 18.8. The molecule has 1 aliphatic heterocycles. The van der Waals surface area contributed by atoms with E-state index in [-0.39, 0.29) is 34.6 Å². The number of hydrogen-bond donors (Lipinski definition) is 2. The number of fused-ring (bicyclic) bond motifs is 1. The first-order valence-corrected chi connectivity index (χ1v) is 12.0. The van der Waals surface area contributed by atoms with Gasteiger partial charge in [0.25, 0.3) is 10.0 Å². The maximum atomic E-state index is 13.2. The molecule has 2 aromatic carbocycles. The van der Waals surface area contributed by atoms with E-state index in [1.165, 1.54) is 18.2 Å². The van der Waals surface area contributed by atoms with Crippen molar-refractivity contribution in [1.82, 2.24) is 0 Å². The minimum Gasteiger partial charge on any atom is -0.392 e. The van der Waals surface area contributed by atoms with E-state index in [0.29, 0.717) is 24.7 Å². The van der Waals surface area contributed by atoms with Crippen LogP contribution in [0.4, 0.5) is 24.5 Å². The fourth-order valence-corrected chi connectivity index (χ4v) is 5.25. The van der Waals surface area contributed by atoms with Crippen molar-refractivity contribution in [1.29, 1.82) is 0 Å². The largest absolute Gasteiger partial charge is 0.417 e. The van der Waals surface area contributed by atoms with Crippen LogP contribution in [0, 0.1) is 5.92 Å². The highest BCUT2D eigenvalue weighted by molar-refractivity contribution is 7.92. The molecule has 0 unspecified atom stereocenters. The molecule has 0 bridgehead atoms. The van der Waals surface area contributed by atoms with Crippen LogP contribution in [0.3, 0.4) is 0 Å². The molecule has 4 rings (SSSR count). The number of rotatable bonds is 6. The van der Waals surface area contributed by atoms with Gasteiger partial charge in [0.1, 0.15) is 0 Å². The Kier molecular flexibility index (Phi) is 6.19. The van der Waals surface area contributed by atoms with Crippen molar-refractivity contribution < 1.29 is 31.5 Å². The molecule has 0 atom stereocenters. The number of nitrogens with zero attached hydrogens (tertiary/aromatic N) is 1. The molecule has 11 heteroatoms. The van der Waals surface area contributed by atoms with Crippen LogP contribution in [0.15, 0.2) is 41.3 Å². The third-order valence-corrected chi connectivity index (χ3v) is 7.28. The highest BCUT2D eigenvalue weighted by Gasteiger charge is 2.38. The fraction of sp³-hybridized carbons (Fsp3) is 0.318. The minimum absolute atomic E-state index is 0.0575. The second-order valence-corrected chi connectivity index (χ2v) is 9.97. The minimum atomic E-state index is -4.76. The molecule has 2 aliphatic rings. The van der Waals surface area contributed by atoms with Crippen molar-refractivity contribution >= 4 is 45.0 Å². The topological polar surface area (TPSA) is 86.7 Å². The van der Waals surface area contributed by atoms with E-state index in [4.69, 9.17) is 16.7 Å². The molecule has 2 aromatic rings. The number of hydrogen-bond acceptors (Lipinski definition) is 4. The van der Waals surface area contributed by atoms with Crippen LogP contribution in [0.25, 0.3) is 6.08 Å². The molecule has 0 saturated heterocycles. The van der Waals surface area contributed by atoms with Gasteiger partial charge in [0, 0.05) is 23.8 Å². The summed E-state index contributed by atoms with van der Waals surface area (Å²) in [6, 6.07) is 5.71.